The fourth-order valence-corrected chi connectivity index (χ4v) is 4.38. The molecule has 5 heteroatoms. The van der Waals surface area contributed by atoms with Gasteiger partial charge in [0.25, 0.3) is 0 Å². The Balaban J connectivity index is 1.28. The van der Waals surface area contributed by atoms with Crippen molar-refractivity contribution in [1.82, 2.24) is 14.9 Å². The number of nitrogens with one attached hydrogen (secondary N) is 1. The van der Waals surface area contributed by atoms with Crippen molar-refractivity contribution in [1.29, 1.82) is 0 Å². The summed E-state index contributed by atoms with van der Waals surface area (Å²) in [6, 6.07) is 29.4. The van der Waals surface area contributed by atoms with Crippen molar-refractivity contribution in [2.75, 3.05) is 42.9 Å². The first-order valence-electron chi connectivity index (χ1n) is 12.0. The first-order valence-corrected chi connectivity index (χ1v) is 12.0. The molecule has 172 valence electrons. The average molecular weight is 450 g/mol. The molecule has 4 aromatic rings. The van der Waals surface area contributed by atoms with Gasteiger partial charge in [-0.1, -0.05) is 84.9 Å². The van der Waals surface area contributed by atoms with Crippen LogP contribution in [0.25, 0.3) is 17.0 Å². The molecule has 1 atom stereocenters. The quantitative estimate of drug-likeness (QED) is 0.396. The number of aromatic nitrogens is 2. The Bertz CT molecular complexity index is 1230. The third-order valence-corrected chi connectivity index (χ3v) is 6.37. The molecule has 1 unspecified atom stereocenters. The van der Waals surface area contributed by atoms with Gasteiger partial charge < -0.3 is 10.2 Å². The highest BCUT2D eigenvalue weighted by molar-refractivity contribution is 5.90. The van der Waals surface area contributed by atoms with Gasteiger partial charge in [-0.3, -0.25) is 4.90 Å². The summed E-state index contributed by atoms with van der Waals surface area (Å²) in [5.41, 5.74) is 3.46. The van der Waals surface area contributed by atoms with Crippen molar-refractivity contribution in [3.8, 4) is 0 Å². The Morgan fingerprint density at radius 1 is 0.824 bits per heavy atom. The molecule has 2 heterocycles. The van der Waals surface area contributed by atoms with Gasteiger partial charge in [0.15, 0.2) is 0 Å². The minimum Gasteiger partial charge on any atom is -0.363 e. The molecule has 1 aliphatic rings. The maximum atomic E-state index is 4.99. The number of para-hydroxylation sites is 1. The summed E-state index contributed by atoms with van der Waals surface area (Å²) in [6.07, 6.45) is 4.45. The molecule has 0 aliphatic carbocycles. The minimum absolute atomic E-state index is 0.153. The number of nitrogens with zero attached hydrogens (tertiary/aromatic N) is 4. The highest BCUT2D eigenvalue weighted by Crippen LogP contribution is 2.27. The van der Waals surface area contributed by atoms with Gasteiger partial charge in [-0.25, -0.2) is 4.98 Å². The molecule has 0 bridgehead atoms. The standard InChI is InChI=1S/C29H31N5/c1-23(25-14-6-3-7-15-25)30-28-26-16-8-9-17-27(26)31-29(32-28)34-21-19-33(20-22-34)18-10-13-24-11-4-2-5-12-24/h2-17,23H,18-22H2,1H3,(H,30,31,32)/b13-10+. The molecular formula is C29H31N5. The summed E-state index contributed by atoms with van der Waals surface area (Å²) in [5, 5.41) is 4.69. The maximum Gasteiger partial charge on any atom is 0.227 e. The lowest BCUT2D eigenvalue weighted by Crippen LogP contribution is -2.47. The molecule has 0 spiro atoms. The van der Waals surface area contributed by atoms with Crippen LogP contribution in [0.15, 0.2) is 91.0 Å². The van der Waals surface area contributed by atoms with E-state index in [0.717, 1.165) is 55.4 Å². The average Bonchev–Trinajstić information content (AvgIpc) is 2.90. The number of rotatable bonds is 7. The van der Waals surface area contributed by atoms with E-state index in [0.29, 0.717) is 0 Å². The summed E-state index contributed by atoms with van der Waals surface area (Å²) in [6.45, 7) is 6.98. The van der Waals surface area contributed by atoms with Gasteiger partial charge >= 0.3 is 0 Å². The Morgan fingerprint density at radius 3 is 2.26 bits per heavy atom. The van der Waals surface area contributed by atoms with Crippen molar-refractivity contribution in [3.05, 3.63) is 102 Å². The van der Waals surface area contributed by atoms with Crippen LogP contribution >= 0.6 is 0 Å². The van der Waals surface area contributed by atoms with Crippen molar-refractivity contribution >= 4 is 28.7 Å². The van der Waals surface area contributed by atoms with E-state index in [1.807, 2.05) is 18.2 Å². The number of anilines is 2. The van der Waals surface area contributed by atoms with Crippen LogP contribution in [0, 0.1) is 0 Å². The van der Waals surface area contributed by atoms with Crippen LogP contribution in [-0.2, 0) is 0 Å². The van der Waals surface area contributed by atoms with E-state index in [4.69, 9.17) is 9.97 Å². The predicted molar refractivity (Wildman–Crippen MR) is 142 cm³/mol. The van der Waals surface area contributed by atoms with Crippen molar-refractivity contribution in [3.63, 3.8) is 0 Å². The summed E-state index contributed by atoms with van der Waals surface area (Å²) >= 11 is 0. The normalized spacial score (nSPS) is 15.6. The van der Waals surface area contributed by atoms with Crippen LogP contribution in [-0.4, -0.2) is 47.6 Å². The smallest absolute Gasteiger partial charge is 0.227 e. The van der Waals surface area contributed by atoms with Crippen LogP contribution in [0.1, 0.15) is 24.1 Å². The number of fused-ring (bicyclic) bond motifs is 1. The minimum atomic E-state index is 0.153. The maximum absolute atomic E-state index is 4.99. The zero-order valence-electron chi connectivity index (χ0n) is 19.6. The van der Waals surface area contributed by atoms with Crippen molar-refractivity contribution in [2.45, 2.75) is 13.0 Å². The predicted octanol–water partition coefficient (Wildman–Crippen LogP) is 5.64. The van der Waals surface area contributed by atoms with E-state index in [1.165, 1.54) is 11.1 Å². The lowest BCUT2D eigenvalue weighted by Gasteiger charge is -2.34. The third kappa shape index (κ3) is 5.26. The molecule has 1 aliphatic heterocycles. The number of hydrogen-bond acceptors (Lipinski definition) is 5. The van der Waals surface area contributed by atoms with Gasteiger partial charge in [0, 0.05) is 44.2 Å². The zero-order chi connectivity index (χ0) is 23.2. The molecule has 0 amide bonds. The van der Waals surface area contributed by atoms with E-state index in [-0.39, 0.29) is 6.04 Å². The number of benzene rings is 3. The van der Waals surface area contributed by atoms with Gasteiger partial charge in [0.1, 0.15) is 5.82 Å². The van der Waals surface area contributed by atoms with Crippen LogP contribution in [0.2, 0.25) is 0 Å². The largest absolute Gasteiger partial charge is 0.363 e. The lowest BCUT2D eigenvalue weighted by molar-refractivity contribution is 0.283. The second kappa shape index (κ2) is 10.5. The van der Waals surface area contributed by atoms with Gasteiger partial charge in [-0.2, -0.15) is 4.98 Å². The lowest BCUT2D eigenvalue weighted by atomic mass is 10.1. The molecule has 3 aromatic carbocycles. The highest BCUT2D eigenvalue weighted by atomic mass is 15.3. The van der Waals surface area contributed by atoms with E-state index in [1.54, 1.807) is 0 Å². The zero-order valence-corrected chi connectivity index (χ0v) is 19.6. The number of piperazine rings is 1. The van der Waals surface area contributed by atoms with E-state index in [9.17, 15) is 0 Å². The summed E-state index contributed by atoms with van der Waals surface area (Å²) in [7, 11) is 0. The Labute approximate surface area is 201 Å². The van der Waals surface area contributed by atoms with Gasteiger partial charge in [-0.05, 0) is 30.2 Å². The fraction of sp³-hybridized carbons (Fsp3) is 0.241. The highest BCUT2D eigenvalue weighted by Gasteiger charge is 2.20. The van der Waals surface area contributed by atoms with Crippen molar-refractivity contribution in [2.24, 2.45) is 0 Å². The van der Waals surface area contributed by atoms with Gasteiger partial charge in [0.05, 0.1) is 5.52 Å². The monoisotopic (exact) mass is 449 g/mol. The SMILES string of the molecule is CC(Nc1nc(N2CCN(C/C=C/c3ccccc3)CC2)nc2ccccc12)c1ccccc1. The molecule has 0 saturated carbocycles. The molecule has 34 heavy (non-hydrogen) atoms. The third-order valence-electron chi connectivity index (χ3n) is 6.37. The molecule has 5 rings (SSSR count). The van der Waals surface area contributed by atoms with Gasteiger partial charge in [0.2, 0.25) is 5.95 Å². The fourth-order valence-electron chi connectivity index (χ4n) is 4.38. The van der Waals surface area contributed by atoms with Crippen LogP contribution in [0.3, 0.4) is 0 Å². The second-order valence-electron chi connectivity index (χ2n) is 8.77. The summed E-state index contributed by atoms with van der Waals surface area (Å²) in [5.74, 6) is 1.70. The Hall–Kier alpha value is -3.70. The topological polar surface area (TPSA) is 44.3 Å². The molecule has 1 saturated heterocycles. The molecular weight excluding hydrogens is 418 g/mol. The van der Waals surface area contributed by atoms with E-state index >= 15 is 0 Å². The molecule has 5 nitrogen and oxygen atoms in total. The molecule has 1 aromatic heterocycles. The Morgan fingerprint density at radius 2 is 1.50 bits per heavy atom. The summed E-state index contributed by atoms with van der Waals surface area (Å²) in [4.78, 5) is 14.7. The van der Waals surface area contributed by atoms with E-state index < -0.39 is 0 Å². The van der Waals surface area contributed by atoms with Crippen LogP contribution in [0.5, 0.6) is 0 Å². The molecule has 1 N–H and O–H groups in total. The number of hydrogen-bond donors (Lipinski definition) is 1. The summed E-state index contributed by atoms with van der Waals surface area (Å²) < 4.78 is 0. The molecule has 0 radical (unpaired) electrons. The van der Waals surface area contributed by atoms with Gasteiger partial charge in [-0.15, -0.1) is 0 Å². The van der Waals surface area contributed by atoms with Crippen LogP contribution in [0.4, 0.5) is 11.8 Å². The first-order chi connectivity index (χ1) is 16.8. The van der Waals surface area contributed by atoms with Crippen molar-refractivity contribution < 1.29 is 0 Å². The van der Waals surface area contributed by atoms with E-state index in [2.05, 4.69) is 101 Å². The van der Waals surface area contributed by atoms with Crippen LogP contribution < -0.4 is 10.2 Å². The molecule has 1 fully saturated rings. The Kier molecular flexibility index (Phi) is 6.82. The second-order valence-corrected chi connectivity index (χ2v) is 8.77. The first kappa shape index (κ1) is 22.1.